The van der Waals surface area contributed by atoms with Crippen molar-refractivity contribution in [2.75, 3.05) is 13.2 Å². The van der Waals surface area contributed by atoms with Gasteiger partial charge in [-0.2, -0.15) is 0 Å². The van der Waals surface area contributed by atoms with Crippen molar-refractivity contribution in [2.24, 2.45) is 5.41 Å². The van der Waals surface area contributed by atoms with Crippen molar-refractivity contribution in [3.63, 3.8) is 0 Å². The Morgan fingerprint density at radius 2 is 2.05 bits per heavy atom. The van der Waals surface area contributed by atoms with Crippen molar-refractivity contribution in [1.82, 2.24) is 5.32 Å². The SMILES string of the molecule is CCOCC1(C(=O)O)CC[C@@H](NC(=O)OC(C)(C)C)C1. The van der Waals surface area contributed by atoms with Crippen LogP contribution in [0.5, 0.6) is 0 Å². The van der Waals surface area contributed by atoms with Gasteiger partial charge in [-0.05, 0) is 47.0 Å². The Bertz CT molecular complexity index is 363. The maximum absolute atomic E-state index is 11.7. The Kier molecular flexibility index (Phi) is 5.39. The van der Waals surface area contributed by atoms with E-state index in [1.54, 1.807) is 20.8 Å². The number of nitrogens with one attached hydrogen (secondary N) is 1. The van der Waals surface area contributed by atoms with Crippen LogP contribution >= 0.6 is 0 Å². The van der Waals surface area contributed by atoms with Gasteiger partial charge in [0, 0.05) is 12.6 Å². The van der Waals surface area contributed by atoms with Gasteiger partial charge in [0.1, 0.15) is 5.60 Å². The molecule has 1 aliphatic carbocycles. The smallest absolute Gasteiger partial charge is 0.407 e. The maximum atomic E-state index is 11.7. The van der Waals surface area contributed by atoms with Gasteiger partial charge in [-0.3, -0.25) is 4.79 Å². The molecule has 0 radical (unpaired) electrons. The molecular weight excluding hydrogens is 262 g/mol. The van der Waals surface area contributed by atoms with Crippen molar-refractivity contribution in [1.29, 1.82) is 0 Å². The van der Waals surface area contributed by atoms with E-state index in [1.807, 2.05) is 6.92 Å². The first-order valence-corrected chi connectivity index (χ1v) is 6.99. The zero-order chi connectivity index (χ0) is 15.4. The topological polar surface area (TPSA) is 84.9 Å². The second kappa shape index (κ2) is 6.43. The van der Waals surface area contributed by atoms with Crippen LogP contribution in [-0.4, -0.2) is 42.0 Å². The van der Waals surface area contributed by atoms with E-state index >= 15 is 0 Å². The van der Waals surface area contributed by atoms with Crippen molar-refractivity contribution in [3.05, 3.63) is 0 Å². The van der Waals surface area contributed by atoms with E-state index in [2.05, 4.69) is 5.32 Å². The number of carboxylic acids is 1. The molecule has 0 bridgehead atoms. The highest BCUT2D eigenvalue weighted by molar-refractivity contribution is 5.76. The van der Waals surface area contributed by atoms with Crippen LogP contribution in [0.25, 0.3) is 0 Å². The molecule has 0 aromatic heterocycles. The van der Waals surface area contributed by atoms with Crippen molar-refractivity contribution < 1.29 is 24.2 Å². The molecule has 1 rings (SSSR count). The lowest BCUT2D eigenvalue weighted by Gasteiger charge is -2.25. The molecule has 0 aliphatic heterocycles. The second-order valence-electron chi connectivity index (χ2n) is 6.31. The number of hydrogen-bond acceptors (Lipinski definition) is 4. The third-order valence-electron chi connectivity index (χ3n) is 3.37. The highest BCUT2D eigenvalue weighted by Crippen LogP contribution is 2.39. The van der Waals surface area contributed by atoms with E-state index in [0.717, 1.165) is 0 Å². The van der Waals surface area contributed by atoms with E-state index in [0.29, 0.717) is 25.9 Å². The summed E-state index contributed by atoms with van der Waals surface area (Å²) in [6.07, 6.45) is 1.00. The Hall–Kier alpha value is -1.30. The summed E-state index contributed by atoms with van der Waals surface area (Å²) >= 11 is 0. The number of amides is 1. The molecule has 0 aromatic rings. The summed E-state index contributed by atoms with van der Waals surface area (Å²) in [6, 6.07) is -0.179. The average molecular weight is 287 g/mol. The van der Waals surface area contributed by atoms with Crippen molar-refractivity contribution in [2.45, 2.75) is 58.6 Å². The molecule has 6 heteroatoms. The van der Waals surface area contributed by atoms with Crippen LogP contribution in [0.2, 0.25) is 0 Å². The largest absolute Gasteiger partial charge is 0.481 e. The molecule has 1 unspecified atom stereocenters. The van der Waals surface area contributed by atoms with Gasteiger partial charge in [0.2, 0.25) is 0 Å². The summed E-state index contributed by atoms with van der Waals surface area (Å²) in [5, 5.41) is 12.1. The van der Waals surface area contributed by atoms with Gasteiger partial charge in [-0.1, -0.05) is 0 Å². The molecule has 2 atom stereocenters. The molecule has 0 aromatic carbocycles. The van der Waals surface area contributed by atoms with Crippen LogP contribution in [0.1, 0.15) is 47.0 Å². The molecule has 1 aliphatic rings. The lowest BCUT2D eigenvalue weighted by atomic mass is 9.87. The highest BCUT2D eigenvalue weighted by atomic mass is 16.6. The molecular formula is C14H25NO5. The second-order valence-corrected chi connectivity index (χ2v) is 6.31. The number of hydrogen-bond donors (Lipinski definition) is 2. The van der Waals surface area contributed by atoms with E-state index in [1.165, 1.54) is 0 Å². The van der Waals surface area contributed by atoms with Crippen molar-refractivity contribution in [3.8, 4) is 0 Å². The average Bonchev–Trinajstić information content (AvgIpc) is 2.68. The fourth-order valence-corrected chi connectivity index (χ4v) is 2.41. The Balaban J connectivity index is 2.56. The third kappa shape index (κ3) is 4.67. The molecule has 6 nitrogen and oxygen atoms in total. The molecule has 0 spiro atoms. The summed E-state index contributed by atoms with van der Waals surface area (Å²) < 4.78 is 10.5. The number of carbonyl (C=O) groups excluding carboxylic acids is 1. The number of carbonyl (C=O) groups is 2. The van der Waals surface area contributed by atoms with Crippen LogP contribution in [0, 0.1) is 5.41 Å². The molecule has 116 valence electrons. The molecule has 1 amide bonds. The number of carboxylic acid groups (broad SMARTS) is 1. The molecule has 0 saturated heterocycles. The van der Waals surface area contributed by atoms with Crippen LogP contribution in [-0.2, 0) is 14.3 Å². The van der Waals surface area contributed by atoms with Gasteiger partial charge >= 0.3 is 12.1 Å². The quantitative estimate of drug-likeness (QED) is 0.809. The van der Waals surface area contributed by atoms with Crippen LogP contribution in [0.15, 0.2) is 0 Å². The standard InChI is InChI=1S/C14H25NO5/c1-5-19-9-14(11(16)17)7-6-10(8-14)15-12(18)20-13(2,3)4/h10H,5-9H2,1-4H3,(H,15,18)(H,16,17)/t10-,14?/m1/s1. The van der Waals surface area contributed by atoms with Gasteiger partial charge in [0.05, 0.1) is 12.0 Å². The van der Waals surface area contributed by atoms with Gasteiger partial charge in [0.15, 0.2) is 0 Å². The fourth-order valence-electron chi connectivity index (χ4n) is 2.41. The monoisotopic (exact) mass is 287 g/mol. The zero-order valence-corrected chi connectivity index (χ0v) is 12.7. The van der Waals surface area contributed by atoms with E-state index in [4.69, 9.17) is 9.47 Å². The predicted octanol–water partition coefficient (Wildman–Crippen LogP) is 2.17. The lowest BCUT2D eigenvalue weighted by molar-refractivity contribution is -0.152. The molecule has 1 fully saturated rings. The van der Waals surface area contributed by atoms with Gasteiger partial charge < -0.3 is 19.9 Å². The summed E-state index contributed by atoms with van der Waals surface area (Å²) in [5.41, 5.74) is -1.45. The van der Waals surface area contributed by atoms with E-state index < -0.39 is 23.1 Å². The summed E-state index contributed by atoms with van der Waals surface area (Å²) in [4.78, 5) is 23.2. The lowest BCUT2D eigenvalue weighted by Crippen LogP contribution is -2.40. The highest BCUT2D eigenvalue weighted by Gasteiger charge is 2.46. The maximum Gasteiger partial charge on any atom is 0.407 e. The van der Waals surface area contributed by atoms with E-state index in [9.17, 15) is 14.7 Å². The zero-order valence-electron chi connectivity index (χ0n) is 12.7. The number of ether oxygens (including phenoxy) is 2. The molecule has 0 heterocycles. The molecule has 1 saturated carbocycles. The Morgan fingerprint density at radius 1 is 1.40 bits per heavy atom. The first-order valence-electron chi connectivity index (χ1n) is 6.99. The minimum atomic E-state index is -0.893. The van der Waals surface area contributed by atoms with Crippen LogP contribution in [0.4, 0.5) is 4.79 Å². The van der Waals surface area contributed by atoms with Gasteiger partial charge in [-0.15, -0.1) is 0 Å². The summed E-state index contributed by atoms with van der Waals surface area (Å²) in [5.74, 6) is -0.862. The summed E-state index contributed by atoms with van der Waals surface area (Å²) in [6.45, 7) is 7.87. The van der Waals surface area contributed by atoms with Crippen LogP contribution < -0.4 is 5.32 Å². The predicted molar refractivity (Wildman–Crippen MR) is 73.6 cm³/mol. The summed E-state index contributed by atoms with van der Waals surface area (Å²) in [7, 11) is 0. The molecule has 20 heavy (non-hydrogen) atoms. The Labute approximate surface area is 119 Å². The minimum Gasteiger partial charge on any atom is -0.481 e. The number of aliphatic carboxylic acids is 1. The van der Waals surface area contributed by atoms with Crippen LogP contribution in [0.3, 0.4) is 0 Å². The number of rotatable bonds is 5. The first kappa shape index (κ1) is 16.8. The normalized spacial score (nSPS) is 26.3. The third-order valence-corrected chi connectivity index (χ3v) is 3.37. The fraction of sp³-hybridized carbons (Fsp3) is 0.857. The van der Waals surface area contributed by atoms with Crippen molar-refractivity contribution >= 4 is 12.1 Å². The van der Waals surface area contributed by atoms with E-state index in [-0.39, 0.29) is 12.6 Å². The van der Waals surface area contributed by atoms with Gasteiger partial charge in [0.25, 0.3) is 0 Å². The minimum absolute atomic E-state index is 0.179. The Morgan fingerprint density at radius 3 is 2.55 bits per heavy atom. The molecule has 2 N–H and O–H groups in total. The number of alkyl carbamates (subject to hydrolysis) is 1. The van der Waals surface area contributed by atoms with Gasteiger partial charge in [-0.25, -0.2) is 4.79 Å². The first-order chi connectivity index (χ1) is 9.18.